The number of nitrogens with zero attached hydrogens (tertiary/aromatic N) is 2. The van der Waals surface area contributed by atoms with E-state index < -0.39 is 0 Å². The van der Waals surface area contributed by atoms with Gasteiger partial charge in [-0.15, -0.1) is 0 Å². The van der Waals surface area contributed by atoms with E-state index in [4.69, 9.17) is 22.6 Å². The maximum absolute atomic E-state index is 8.70. The Morgan fingerprint density at radius 2 is 2.12 bits per heavy atom. The van der Waals surface area contributed by atoms with Gasteiger partial charge in [-0.1, -0.05) is 23.7 Å². The second-order valence-electron chi connectivity index (χ2n) is 3.38. The number of anilines is 3. The van der Waals surface area contributed by atoms with Gasteiger partial charge < -0.3 is 11.1 Å². The molecule has 0 amide bonds. The summed E-state index contributed by atoms with van der Waals surface area (Å²) in [4.78, 5) is 4.07. The molecule has 1 heterocycles. The lowest BCUT2D eigenvalue weighted by Crippen LogP contribution is -2.00. The molecule has 0 radical (unpaired) electrons. The van der Waals surface area contributed by atoms with E-state index in [0.717, 1.165) is 5.69 Å². The van der Waals surface area contributed by atoms with Crippen molar-refractivity contribution < 1.29 is 0 Å². The molecule has 0 spiro atoms. The van der Waals surface area contributed by atoms with Crippen LogP contribution in [-0.4, -0.2) is 4.98 Å². The number of hydrogen-bond acceptors (Lipinski definition) is 4. The summed E-state index contributed by atoms with van der Waals surface area (Å²) in [5.74, 6) is 0.483. The van der Waals surface area contributed by atoms with Gasteiger partial charge in [-0.3, -0.25) is 0 Å². The molecular weight excluding hydrogens is 236 g/mol. The molecule has 0 atom stereocenters. The van der Waals surface area contributed by atoms with Crippen molar-refractivity contribution >= 4 is 28.8 Å². The minimum absolute atomic E-state index is 0.406. The Hall–Kier alpha value is -2.25. The predicted octanol–water partition coefficient (Wildman–Crippen LogP) is 2.93. The molecular formula is C12H9ClN4. The Balaban J connectivity index is 2.32. The number of pyridine rings is 1. The highest BCUT2D eigenvalue weighted by atomic mass is 35.5. The fourth-order valence-corrected chi connectivity index (χ4v) is 1.52. The summed E-state index contributed by atoms with van der Waals surface area (Å²) >= 11 is 6.00. The number of rotatable bonds is 2. The first kappa shape index (κ1) is 11.2. The van der Waals surface area contributed by atoms with Crippen LogP contribution in [0.2, 0.25) is 5.02 Å². The smallest absolute Gasteiger partial charge is 0.153 e. The zero-order valence-corrected chi connectivity index (χ0v) is 9.57. The molecule has 2 aromatic rings. The largest absolute Gasteiger partial charge is 0.396 e. The fourth-order valence-electron chi connectivity index (χ4n) is 1.34. The van der Waals surface area contributed by atoms with Crippen molar-refractivity contribution in [2.75, 3.05) is 11.1 Å². The van der Waals surface area contributed by atoms with Gasteiger partial charge >= 0.3 is 0 Å². The number of nitrogen functional groups attached to an aromatic ring is 1. The van der Waals surface area contributed by atoms with E-state index in [2.05, 4.69) is 10.3 Å². The van der Waals surface area contributed by atoms with Crippen LogP contribution in [0.25, 0.3) is 0 Å². The van der Waals surface area contributed by atoms with Crippen LogP contribution >= 0.6 is 11.6 Å². The average Bonchev–Trinajstić information content (AvgIpc) is 2.34. The summed E-state index contributed by atoms with van der Waals surface area (Å²) in [7, 11) is 0. The summed E-state index contributed by atoms with van der Waals surface area (Å²) in [6.45, 7) is 0. The molecule has 84 valence electrons. The fraction of sp³-hybridized carbons (Fsp3) is 0. The van der Waals surface area contributed by atoms with E-state index in [0.29, 0.717) is 22.1 Å². The Labute approximate surface area is 104 Å². The van der Waals surface area contributed by atoms with Gasteiger partial charge in [-0.2, -0.15) is 5.26 Å². The molecule has 0 aliphatic rings. The molecule has 0 fully saturated rings. The van der Waals surface area contributed by atoms with Crippen molar-refractivity contribution in [1.29, 1.82) is 5.26 Å². The summed E-state index contributed by atoms with van der Waals surface area (Å²) < 4.78 is 0. The van der Waals surface area contributed by atoms with Crippen LogP contribution in [0.1, 0.15) is 5.56 Å². The molecule has 1 aromatic heterocycles. The van der Waals surface area contributed by atoms with E-state index in [1.165, 1.54) is 6.20 Å². The second-order valence-corrected chi connectivity index (χ2v) is 3.79. The Bertz CT molecular complexity index is 589. The number of para-hydroxylation sites is 1. The molecule has 17 heavy (non-hydrogen) atoms. The summed E-state index contributed by atoms with van der Waals surface area (Å²) in [5, 5.41) is 12.3. The van der Waals surface area contributed by atoms with E-state index in [9.17, 15) is 0 Å². The first-order valence-corrected chi connectivity index (χ1v) is 5.25. The number of benzene rings is 1. The van der Waals surface area contributed by atoms with E-state index in [1.54, 1.807) is 12.1 Å². The number of nitriles is 1. The third-order valence-electron chi connectivity index (χ3n) is 2.17. The maximum Gasteiger partial charge on any atom is 0.153 e. The first-order valence-electron chi connectivity index (χ1n) is 4.88. The maximum atomic E-state index is 8.70. The van der Waals surface area contributed by atoms with Gasteiger partial charge in [-0.25, -0.2) is 4.98 Å². The molecule has 3 N–H and O–H groups in total. The molecule has 0 unspecified atom stereocenters. The van der Waals surface area contributed by atoms with Crippen LogP contribution in [-0.2, 0) is 0 Å². The van der Waals surface area contributed by atoms with Crippen LogP contribution in [0.5, 0.6) is 0 Å². The monoisotopic (exact) mass is 244 g/mol. The van der Waals surface area contributed by atoms with Gasteiger partial charge in [0.05, 0.1) is 22.0 Å². The number of nitrogens with one attached hydrogen (secondary N) is 1. The highest BCUT2D eigenvalue weighted by molar-refractivity contribution is 6.33. The third-order valence-corrected chi connectivity index (χ3v) is 2.50. The Morgan fingerprint density at radius 3 is 2.76 bits per heavy atom. The van der Waals surface area contributed by atoms with Crippen LogP contribution in [0, 0.1) is 11.3 Å². The molecule has 0 aliphatic heterocycles. The summed E-state index contributed by atoms with van der Waals surface area (Å²) in [6.07, 6.45) is 1.45. The van der Waals surface area contributed by atoms with E-state index >= 15 is 0 Å². The summed E-state index contributed by atoms with van der Waals surface area (Å²) in [6, 6.07) is 10.8. The van der Waals surface area contributed by atoms with Crippen LogP contribution < -0.4 is 11.1 Å². The van der Waals surface area contributed by atoms with Crippen molar-refractivity contribution in [2.24, 2.45) is 0 Å². The first-order chi connectivity index (χ1) is 8.20. The molecule has 4 nitrogen and oxygen atoms in total. The van der Waals surface area contributed by atoms with Crippen molar-refractivity contribution in [3.05, 3.63) is 47.1 Å². The van der Waals surface area contributed by atoms with Crippen molar-refractivity contribution in [3.63, 3.8) is 0 Å². The SMILES string of the molecule is N#Cc1cnc(Nc2ccccc2Cl)c(N)c1. The van der Waals surface area contributed by atoms with Crippen molar-refractivity contribution in [1.82, 2.24) is 4.98 Å². The van der Waals surface area contributed by atoms with Gasteiger partial charge in [0.2, 0.25) is 0 Å². The highest BCUT2D eigenvalue weighted by Gasteiger charge is 2.05. The van der Waals surface area contributed by atoms with E-state index in [1.807, 2.05) is 24.3 Å². The molecule has 5 heteroatoms. The van der Waals surface area contributed by atoms with Gasteiger partial charge in [0, 0.05) is 6.20 Å². The van der Waals surface area contributed by atoms with E-state index in [-0.39, 0.29) is 0 Å². The van der Waals surface area contributed by atoms with Crippen LogP contribution in [0.4, 0.5) is 17.2 Å². The molecule has 2 rings (SSSR count). The number of halogens is 1. The molecule has 0 saturated carbocycles. The Kier molecular flexibility index (Phi) is 3.12. The standard InChI is InChI=1S/C12H9ClN4/c13-9-3-1-2-4-11(9)17-12-10(15)5-8(6-14)7-16-12/h1-5,7H,15H2,(H,16,17). The van der Waals surface area contributed by atoms with Gasteiger partial charge in [0.1, 0.15) is 6.07 Å². The minimum atomic E-state index is 0.406. The molecule has 0 bridgehead atoms. The second kappa shape index (κ2) is 4.73. The van der Waals surface area contributed by atoms with Crippen LogP contribution in [0.3, 0.4) is 0 Å². The predicted molar refractivity (Wildman–Crippen MR) is 68.1 cm³/mol. The third kappa shape index (κ3) is 2.47. The van der Waals surface area contributed by atoms with Crippen LogP contribution in [0.15, 0.2) is 36.5 Å². The minimum Gasteiger partial charge on any atom is -0.396 e. The quantitative estimate of drug-likeness (QED) is 0.852. The van der Waals surface area contributed by atoms with Crippen molar-refractivity contribution in [2.45, 2.75) is 0 Å². The lowest BCUT2D eigenvalue weighted by molar-refractivity contribution is 1.29. The lowest BCUT2D eigenvalue weighted by Gasteiger charge is -2.09. The normalized spacial score (nSPS) is 9.65. The number of hydrogen-bond donors (Lipinski definition) is 2. The lowest BCUT2D eigenvalue weighted by atomic mass is 10.2. The zero-order chi connectivity index (χ0) is 12.3. The van der Waals surface area contributed by atoms with Gasteiger partial charge in [-0.05, 0) is 18.2 Å². The zero-order valence-electron chi connectivity index (χ0n) is 8.81. The summed E-state index contributed by atoms with van der Waals surface area (Å²) in [5.41, 5.74) is 7.33. The Morgan fingerprint density at radius 1 is 1.35 bits per heavy atom. The average molecular weight is 245 g/mol. The van der Waals surface area contributed by atoms with Gasteiger partial charge in [0.25, 0.3) is 0 Å². The van der Waals surface area contributed by atoms with Crippen molar-refractivity contribution in [3.8, 4) is 6.07 Å². The van der Waals surface area contributed by atoms with Gasteiger partial charge in [0.15, 0.2) is 5.82 Å². The topological polar surface area (TPSA) is 74.7 Å². The molecule has 0 aliphatic carbocycles. The highest BCUT2D eigenvalue weighted by Crippen LogP contribution is 2.26. The molecule has 1 aromatic carbocycles. The molecule has 0 saturated heterocycles. The number of aromatic nitrogens is 1. The number of nitrogens with two attached hydrogens (primary N) is 1.